The Morgan fingerprint density at radius 2 is 1.41 bits per heavy atom. The molecular formula is C26H55N. The van der Waals surface area contributed by atoms with E-state index in [1.807, 2.05) is 20.8 Å². The zero-order valence-electron chi connectivity index (χ0n) is 21.1. The topological polar surface area (TPSA) is 12.4 Å². The lowest BCUT2D eigenvalue weighted by Crippen LogP contribution is -1.90. The van der Waals surface area contributed by atoms with E-state index in [0.717, 1.165) is 23.7 Å². The van der Waals surface area contributed by atoms with Crippen molar-refractivity contribution in [2.75, 3.05) is 0 Å². The number of allylic oxidation sites excluding steroid dienone is 3. The maximum absolute atomic E-state index is 4.34. The van der Waals surface area contributed by atoms with Crippen LogP contribution in [-0.2, 0) is 0 Å². The van der Waals surface area contributed by atoms with Crippen molar-refractivity contribution in [3.05, 3.63) is 24.4 Å². The smallest absolute Gasteiger partial charge is 0.0372 e. The van der Waals surface area contributed by atoms with Crippen LogP contribution in [0.4, 0.5) is 0 Å². The molecule has 0 amide bonds. The second-order valence-electron chi connectivity index (χ2n) is 7.07. The molecule has 0 N–H and O–H groups in total. The molecule has 0 rings (SSSR count). The van der Waals surface area contributed by atoms with Crippen molar-refractivity contribution >= 4 is 5.71 Å². The van der Waals surface area contributed by atoms with Crippen molar-refractivity contribution in [2.24, 2.45) is 16.8 Å². The van der Waals surface area contributed by atoms with Crippen molar-refractivity contribution in [3.8, 4) is 0 Å². The Labute approximate surface area is 174 Å². The normalized spacial score (nSPS) is 12.6. The van der Waals surface area contributed by atoms with Gasteiger partial charge in [-0.05, 0) is 31.3 Å². The van der Waals surface area contributed by atoms with Crippen molar-refractivity contribution in [1.82, 2.24) is 0 Å². The monoisotopic (exact) mass is 381 g/mol. The number of hydrogen-bond donors (Lipinski definition) is 0. The third-order valence-corrected chi connectivity index (χ3v) is 4.24. The zero-order chi connectivity index (χ0) is 22.1. The Morgan fingerprint density at radius 3 is 1.67 bits per heavy atom. The first kappa shape index (κ1) is 33.7. The van der Waals surface area contributed by atoms with Gasteiger partial charge in [0, 0.05) is 11.4 Å². The summed E-state index contributed by atoms with van der Waals surface area (Å²) >= 11 is 0. The molecule has 0 spiro atoms. The molecule has 0 aromatic carbocycles. The van der Waals surface area contributed by atoms with E-state index in [-0.39, 0.29) is 0 Å². The highest BCUT2D eigenvalue weighted by Gasteiger charge is 1.93. The van der Waals surface area contributed by atoms with E-state index in [2.05, 4.69) is 79.1 Å². The minimum atomic E-state index is 0.639. The van der Waals surface area contributed by atoms with Gasteiger partial charge < -0.3 is 0 Å². The quantitative estimate of drug-likeness (QED) is 0.334. The van der Waals surface area contributed by atoms with E-state index in [1.54, 1.807) is 0 Å². The minimum Gasteiger partial charge on any atom is -0.259 e. The van der Waals surface area contributed by atoms with Crippen LogP contribution in [0.25, 0.3) is 0 Å². The summed E-state index contributed by atoms with van der Waals surface area (Å²) in [6.45, 7) is 27.5. The summed E-state index contributed by atoms with van der Waals surface area (Å²) in [6.07, 6.45) is 14.5. The lowest BCUT2D eigenvalue weighted by molar-refractivity contribution is 0.509. The number of aliphatic imine (C=N–C) groups is 1. The van der Waals surface area contributed by atoms with Crippen LogP contribution in [0.5, 0.6) is 0 Å². The van der Waals surface area contributed by atoms with Crippen LogP contribution in [0, 0.1) is 11.8 Å². The number of hydrogen-bond acceptors (Lipinski definition) is 1. The molecule has 0 aromatic rings. The molecular weight excluding hydrogens is 326 g/mol. The molecule has 2 unspecified atom stereocenters. The van der Waals surface area contributed by atoms with E-state index in [4.69, 9.17) is 0 Å². The lowest BCUT2D eigenvalue weighted by Gasteiger charge is -2.02. The third-order valence-electron chi connectivity index (χ3n) is 4.24. The Morgan fingerprint density at radius 1 is 0.889 bits per heavy atom. The highest BCUT2D eigenvalue weighted by atomic mass is 14.7. The van der Waals surface area contributed by atoms with E-state index >= 15 is 0 Å². The Kier molecular flexibility index (Phi) is 37.3. The van der Waals surface area contributed by atoms with E-state index in [0.29, 0.717) is 5.92 Å². The fourth-order valence-electron chi connectivity index (χ4n) is 1.86. The Hall–Kier alpha value is -0.850. The summed E-state index contributed by atoms with van der Waals surface area (Å²) in [4.78, 5) is 4.34. The molecule has 0 bridgehead atoms. The van der Waals surface area contributed by atoms with Gasteiger partial charge in [0.25, 0.3) is 0 Å². The van der Waals surface area contributed by atoms with E-state index in [9.17, 15) is 0 Å². The van der Waals surface area contributed by atoms with Gasteiger partial charge in [0.15, 0.2) is 0 Å². The maximum atomic E-state index is 4.34. The second-order valence-corrected chi connectivity index (χ2v) is 7.07. The SMILES string of the molecule is C=C(CC)N=C(C)/C=C\C(C)CC.CC.CCCC(C)CC.CCCCC. The molecule has 0 radical (unpaired) electrons. The van der Waals surface area contributed by atoms with Crippen molar-refractivity contribution < 1.29 is 0 Å². The molecule has 0 aliphatic heterocycles. The zero-order valence-corrected chi connectivity index (χ0v) is 21.1. The predicted octanol–water partition coefficient (Wildman–Crippen LogP) is 10.0. The predicted molar refractivity (Wildman–Crippen MR) is 132 cm³/mol. The molecule has 0 aliphatic carbocycles. The summed E-state index contributed by atoms with van der Waals surface area (Å²) in [7, 11) is 0. The van der Waals surface area contributed by atoms with Crippen LogP contribution >= 0.6 is 0 Å². The molecule has 0 saturated carbocycles. The fraction of sp³-hybridized carbons (Fsp3) is 0.808. The summed E-state index contributed by atoms with van der Waals surface area (Å²) in [5.41, 5.74) is 2.00. The Balaban J connectivity index is -0.000000159. The minimum absolute atomic E-state index is 0.639. The van der Waals surface area contributed by atoms with Crippen molar-refractivity contribution in [2.45, 2.75) is 128 Å². The fourth-order valence-corrected chi connectivity index (χ4v) is 1.86. The van der Waals surface area contributed by atoms with Gasteiger partial charge in [0.05, 0.1) is 0 Å². The summed E-state index contributed by atoms with van der Waals surface area (Å²) in [6, 6.07) is 0. The molecule has 1 heteroatoms. The van der Waals surface area contributed by atoms with Crippen LogP contribution in [-0.4, -0.2) is 5.71 Å². The first-order valence-corrected chi connectivity index (χ1v) is 11.7. The largest absolute Gasteiger partial charge is 0.259 e. The van der Waals surface area contributed by atoms with Gasteiger partial charge in [0.2, 0.25) is 0 Å². The maximum Gasteiger partial charge on any atom is 0.0372 e. The third kappa shape index (κ3) is 36.8. The molecule has 0 fully saturated rings. The first-order valence-electron chi connectivity index (χ1n) is 11.7. The highest BCUT2D eigenvalue weighted by molar-refractivity contribution is 5.93. The average Bonchev–Trinajstić information content (AvgIpc) is 2.69. The molecule has 2 atom stereocenters. The lowest BCUT2D eigenvalue weighted by atomic mass is 10.0. The molecule has 27 heavy (non-hydrogen) atoms. The first-order chi connectivity index (χ1) is 12.8. The van der Waals surface area contributed by atoms with Gasteiger partial charge in [-0.3, -0.25) is 4.99 Å². The Bertz CT molecular complexity index is 323. The van der Waals surface area contributed by atoms with E-state index in [1.165, 1.54) is 44.9 Å². The standard InChI is InChI=1S/C12H21N.C7H16.C5H12.C2H6/c1-6-10(3)8-9-12(5)13-11(4)7-2;1-4-6-7(3)5-2;1-3-5-4-2;1-2/h8-10H,4,6-7H2,1-3,5H3;7H,4-6H2,1-3H3;3-5H2,1-2H3;1-2H3/b9-8-,13-12?;;;. The molecule has 0 saturated heterocycles. The van der Waals surface area contributed by atoms with Crippen LogP contribution < -0.4 is 0 Å². The van der Waals surface area contributed by atoms with Crippen molar-refractivity contribution in [1.29, 1.82) is 0 Å². The molecule has 0 heterocycles. The van der Waals surface area contributed by atoms with Gasteiger partial charge in [-0.1, -0.05) is 127 Å². The van der Waals surface area contributed by atoms with Crippen LogP contribution in [0.1, 0.15) is 128 Å². The van der Waals surface area contributed by atoms with Gasteiger partial charge in [0.1, 0.15) is 0 Å². The number of unbranched alkanes of at least 4 members (excludes halogenated alkanes) is 2. The molecule has 164 valence electrons. The van der Waals surface area contributed by atoms with Gasteiger partial charge >= 0.3 is 0 Å². The summed E-state index contributed by atoms with van der Waals surface area (Å²) in [5.74, 6) is 1.59. The van der Waals surface area contributed by atoms with Crippen molar-refractivity contribution in [3.63, 3.8) is 0 Å². The molecule has 0 aliphatic rings. The number of nitrogens with zero attached hydrogens (tertiary/aromatic N) is 1. The molecule has 1 nitrogen and oxygen atoms in total. The van der Waals surface area contributed by atoms with Gasteiger partial charge in [-0.2, -0.15) is 0 Å². The van der Waals surface area contributed by atoms with Crippen LogP contribution in [0.2, 0.25) is 0 Å². The summed E-state index contributed by atoms with van der Waals surface area (Å²) < 4.78 is 0. The second kappa shape index (κ2) is 29.9. The number of rotatable bonds is 10. The van der Waals surface area contributed by atoms with Gasteiger partial charge in [-0.25, -0.2) is 0 Å². The summed E-state index contributed by atoms with van der Waals surface area (Å²) in [5, 5.41) is 0. The van der Waals surface area contributed by atoms with Gasteiger partial charge in [-0.15, -0.1) is 0 Å². The van der Waals surface area contributed by atoms with E-state index < -0.39 is 0 Å². The van der Waals surface area contributed by atoms with Crippen LogP contribution in [0.15, 0.2) is 29.4 Å². The van der Waals surface area contributed by atoms with Crippen LogP contribution in [0.3, 0.4) is 0 Å². The average molecular weight is 382 g/mol. The molecule has 0 aromatic heterocycles. The highest BCUT2D eigenvalue weighted by Crippen LogP contribution is 2.07.